The summed E-state index contributed by atoms with van der Waals surface area (Å²) in [5, 5.41) is 7.12. The van der Waals surface area contributed by atoms with E-state index in [-0.39, 0.29) is 24.2 Å². The minimum absolute atomic E-state index is 0.0379. The Morgan fingerprint density at radius 1 is 1.35 bits per heavy atom. The van der Waals surface area contributed by atoms with Gasteiger partial charge in [0.05, 0.1) is 25.9 Å². The second kappa shape index (κ2) is 10.8. The third-order valence-corrected chi connectivity index (χ3v) is 4.88. The van der Waals surface area contributed by atoms with Crippen LogP contribution in [0, 0.1) is 5.92 Å². The zero-order valence-corrected chi connectivity index (χ0v) is 17.6. The first kappa shape index (κ1) is 24.9. The van der Waals surface area contributed by atoms with Crippen molar-refractivity contribution in [3.8, 4) is 5.88 Å². The van der Waals surface area contributed by atoms with Gasteiger partial charge in [-0.1, -0.05) is 13.8 Å². The Morgan fingerprint density at radius 2 is 2.03 bits per heavy atom. The molecule has 2 fully saturated rings. The average Bonchev–Trinajstić information content (AvgIpc) is 3.14. The lowest BCUT2D eigenvalue weighted by Crippen LogP contribution is -2.54. The monoisotopic (exact) mass is 448 g/mol. The first-order valence-electron chi connectivity index (χ1n) is 9.89. The summed E-state index contributed by atoms with van der Waals surface area (Å²) >= 11 is 0. The van der Waals surface area contributed by atoms with Gasteiger partial charge in [0, 0.05) is 19.3 Å². The van der Waals surface area contributed by atoms with Crippen LogP contribution in [0.15, 0.2) is 18.3 Å². The molecule has 0 aromatic carbocycles. The highest BCUT2D eigenvalue weighted by Gasteiger charge is 2.45. The summed E-state index contributed by atoms with van der Waals surface area (Å²) in [5.74, 6) is -1.93. The molecule has 31 heavy (non-hydrogen) atoms. The minimum Gasteiger partial charge on any atom is -0.480 e. The summed E-state index contributed by atoms with van der Waals surface area (Å²) in [6.07, 6.45) is -1.59. The number of carbonyl (C=O) groups excluding carboxylic acids is 1. The summed E-state index contributed by atoms with van der Waals surface area (Å²) in [7, 11) is 1.53. The fourth-order valence-electron chi connectivity index (χ4n) is 3.53. The van der Waals surface area contributed by atoms with E-state index in [1.807, 2.05) is 4.90 Å². The molecule has 2 heterocycles. The van der Waals surface area contributed by atoms with E-state index in [9.17, 15) is 18.0 Å². The van der Waals surface area contributed by atoms with Gasteiger partial charge in [0.2, 0.25) is 5.88 Å². The van der Waals surface area contributed by atoms with Gasteiger partial charge in [-0.25, -0.2) is 9.78 Å². The normalized spacial score (nSPS) is 23.1. The Labute approximate surface area is 178 Å². The Hall–Kier alpha value is -2.40. The number of hydrogen-bond acceptors (Lipinski definition) is 6. The Bertz CT molecular complexity index is 759. The maximum atomic E-state index is 13.0. The molecule has 0 spiro atoms. The number of morpholine rings is 1. The van der Waals surface area contributed by atoms with Gasteiger partial charge in [-0.15, -0.1) is 0 Å². The van der Waals surface area contributed by atoms with Gasteiger partial charge in [0.25, 0.3) is 5.91 Å². The van der Waals surface area contributed by atoms with E-state index < -0.39 is 12.1 Å². The molecule has 11 heteroatoms. The maximum absolute atomic E-state index is 13.0. The third kappa shape index (κ3) is 6.54. The lowest BCUT2D eigenvalue weighted by molar-refractivity contribution is -0.192. The van der Waals surface area contributed by atoms with Gasteiger partial charge in [-0.2, -0.15) is 13.2 Å². The molecule has 1 aliphatic heterocycles. The lowest BCUT2D eigenvalue weighted by atomic mass is 10.1. The van der Waals surface area contributed by atoms with Crippen LogP contribution in [-0.4, -0.2) is 78.2 Å². The minimum atomic E-state index is -5.08. The smallest absolute Gasteiger partial charge is 0.480 e. The quantitative estimate of drug-likeness (QED) is 0.740. The molecule has 1 aromatic rings. The van der Waals surface area contributed by atoms with Crippen LogP contribution in [0.4, 0.5) is 13.2 Å². The zero-order chi connectivity index (χ0) is 23.2. The van der Waals surface area contributed by atoms with E-state index >= 15 is 0 Å². The fraction of sp³-hybridized carbons (Fsp3) is 0.650. The van der Waals surface area contributed by atoms with Crippen molar-refractivity contribution in [1.29, 1.82) is 0 Å². The van der Waals surface area contributed by atoms with Crippen LogP contribution < -0.4 is 4.74 Å². The van der Waals surface area contributed by atoms with Gasteiger partial charge in [-0.3, -0.25) is 4.79 Å². The number of nitrogens with zero attached hydrogens (tertiary/aromatic N) is 2. The van der Waals surface area contributed by atoms with Crippen LogP contribution in [0.1, 0.15) is 37.0 Å². The van der Waals surface area contributed by atoms with Crippen molar-refractivity contribution in [2.45, 2.75) is 51.1 Å². The van der Waals surface area contributed by atoms with Crippen molar-refractivity contribution in [1.82, 2.24) is 9.88 Å². The lowest BCUT2D eigenvalue weighted by Gasteiger charge is -2.39. The van der Waals surface area contributed by atoms with Crippen LogP contribution >= 0.6 is 0 Å². The van der Waals surface area contributed by atoms with Crippen molar-refractivity contribution < 1.29 is 42.1 Å². The van der Waals surface area contributed by atoms with Crippen molar-refractivity contribution >= 4 is 11.9 Å². The summed E-state index contributed by atoms with van der Waals surface area (Å²) in [5.41, 5.74) is 0.507. The number of carboxylic acids is 1. The SMILES string of the molecule is COc1ncccc1C(=O)N1CCO[C@H]2[C@H](OCC(C)C)CC[C@@H]21.O=C(O)C(F)(F)F. The second-order valence-corrected chi connectivity index (χ2v) is 7.61. The van der Waals surface area contributed by atoms with Crippen molar-refractivity contribution in [3.05, 3.63) is 23.9 Å². The van der Waals surface area contributed by atoms with Crippen molar-refractivity contribution in [2.75, 3.05) is 26.9 Å². The predicted molar refractivity (Wildman–Crippen MR) is 103 cm³/mol. The molecular weight excluding hydrogens is 421 g/mol. The molecule has 3 atom stereocenters. The van der Waals surface area contributed by atoms with Crippen LogP contribution in [0.3, 0.4) is 0 Å². The fourth-order valence-corrected chi connectivity index (χ4v) is 3.53. The number of methoxy groups -OCH3 is 1. The van der Waals surface area contributed by atoms with Crippen molar-refractivity contribution in [3.63, 3.8) is 0 Å². The highest BCUT2D eigenvalue weighted by Crippen LogP contribution is 2.34. The molecule has 1 aliphatic carbocycles. The zero-order valence-electron chi connectivity index (χ0n) is 17.6. The molecule has 1 saturated heterocycles. The van der Waals surface area contributed by atoms with Crippen LogP contribution in [0.2, 0.25) is 0 Å². The summed E-state index contributed by atoms with van der Waals surface area (Å²) in [6, 6.07) is 3.59. The third-order valence-electron chi connectivity index (χ3n) is 4.88. The molecule has 1 aromatic heterocycles. The number of pyridine rings is 1. The predicted octanol–water partition coefficient (Wildman–Crippen LogP) is 2.77. The molecular formula is C20H27F3N2O6. The number of aliphatic carboxylic acids is 1. The van der Waals surface area contributed by atoms with Crippen LogP contribution in [-0.2, 0) is 14.3 Å². The summed E-state index contributed by atoms with van der Waals surface area (Å²) in [6.45, 7) is 6.13. The van der Waals surface area contributed by atoms with E-state index in [4.69, 9.17) is 24.1 Å². The highest BCUT2D eigenvalue weighted by molar-refractivity contribution is 5.96. The molecule has 1 amide bonds. The molecule has 8 nitrogen and oxygen atoms in total. The van der Waals surface area contributed by atoms with Gasteiger partial charge >= 0.3 is 12.1 Å². The topological polar surface area (TPSA) is 98.2 Å². The van der Waals surface area contributed by atoms with E-state index in [0.29, 0.717) is 30.5 Å². The first-order valence-corrected chi connectivity index (χ1v) is 9.89. The molecule has 1 saturated carbocycles. The Kier molecular flexibility index (Phi) is 8.63. The number of halogens is 3. The number of aromatic nitrogens is 1. The molecule has 174 valence electrons. The molecule has 0 radical (unpaired) electrons. The van der Waals surface area contributed by atoms with E-state index in [1.54, 1.807) is 18.3 Å². The number of fused-ring (bicyclic) bond motifs is 1. The average molecular weight is 448 g/mol. The van der Waals surface area contributed by atoms with E-state index in [0.717, 1.165) is 19.4 Å². The number of alkyl halides is 3. The van der Waals surface area contributed by atoms with Crippen molar-refractivity contribution in [2.24, 2.45) is 5.92 Å². The molecule has 1 N–H and O–H groups in total. The van der Waals surface area contributed by atoms with Gasteiger partial charge in [0.1, 0.15) is 11.7 Å². The highest BCUT2D eigenvalue weighted by atomic mass is 19.4. The number of hydrogen-bond donors (Lipinski definition) is 1. The number of carboxylic acid groups (broad SMARTS) is 1. The Morgan fingerprint density at radius 3 is 2.61 bits per heavy atom. The molecule has 0 bridgehead atoms. The number of amides is 1. The molecule has 3 rings (SSSR count). The number of rotatable bonds is 5. The standard InChI is InChI=1S/C18H26N2O4.C2HF3O2/c1-12(2)11-24-15-7-6-14-16(15)23-10-9-20(14)18(21)13-5-4-8-19-17(13)22-3;3-2(4,5)1(6)7/h4-5,8,12,14-16H,6-7,9-11H2,1-3H3;(H,6,7)/t14-,15+,16+;/m0./s1. The van der Waals surface area contributed by atoms with E-state index in [1.165, 1.54) is 7.11 Å². The number of ether oxygens (including phenoxy) is 3. The maximum Gasteiger partial charge on any atom is 0.490 e. The number of carbonyl (C=O) groups is 2. The largest absolute Gasteiger partial charge is 0.490 e. The van der Waals surface area contributed by atoms with Crippen LogP contribution in [0.25, 0.3) is 0 Å². The van der Waals surface area contributed by atoms with Gasteiger partial charge < -0.3 is 24.2 Å². The van der Waals surface area contributed by atoms with Gasteiger partial charge in [0.15, 0.2) is 0 Å². The van der Waals surface area contributed by atoms with Crippen LogP contribution in [0.5, 0.6) is 5.88 Å². The molecule has 0 unspecified atom stereocenters. The first-order chi connectivity index (χ1) is 14.6. The summed E-state index contributed by atoms with van der Waals surface area (Å²) in [4.78, 5) is 27.9. The molecule has 2 aliphatic rings. The van der Waals surface area contributed by atoms with E-state index in [2.05, 4.69) is 18.8 Å². The summed E-state index contributed by atoms with van der Waals surface area (Å²) < 4.78 is 48.9. The van der Waals surface area contributed by atoms with Gasteiger partial charge in [-0.05, 0) is 30.9 Å². The Balaban J connectivity index is 0.000000423. The second-order valence-electron chi connectivity index (χ2n) is 7.61.